The van der Waals surface area contributed by atoms with E-state index in [0.717, 1.165) is 11.4 Å². The van der Waals surface area contributed by atoms with E-state index in [2.05, 4.69) is 10.1 Å². The van der Waals surface area contributed by atoms with Crippen molar-refractivity contribution in [3.05, 3.63) is 75.2 Å². The molecule has 6 heteroatoms. The van der Waals surface area contributed by atoms with Crippen molar-refractivity contribution in [3.63, 3.8) is 0 Å². The summed E-state index contributed by atoms with van der Waals surface area (Å²) in [5.74, 6) is 0.590. The largest absolute Gasteiger partial charge is 0.494 e. The first-order valence-corrected chi connectivity index (χ1v) is 7.72. The number of aromatic amines is 1. The first-order chi connectivity index (χ1) is 11.6. The van der Waals surface area contributed by atoms with Gasteiger partial charge < -0.3 is 4.74 Å². The van der Waals surface area contributed by atoms with Crippen molar-refractivity contribution in [1.82, 2.24) is 9.78 Å². The number of aryl methyl sites for hydroxylation is 1. The molecule has 1 N–H and O–H groups in total. The summed E-state index contributed by atoms with van der Waals surface area (Å²) in [6.45, 7) is 1.83. The molecule has 3 aromatic rings. The van der Waals surface area contributed by atoms with Crippen molar-refractivity contribution >= 4 is 23.5 Å². The highest BCUT2D eigenvalue weighted by atomic mass is 35.5. The molecule has 3 rings (SSSR count). The van der Waals surface area contributed by atoms with E-state index in [1.54, 1.807) is 25.3 Å². The van der Waals surface area contributed by atoms with Gasteiger partial charge in [0, 0.05) is 16.9 Å². The van der Waals surface area contributed by atoms with Crippen LogP contribution in [0.4, 0.5) is 5.69 Å². The maximum Gasteiger partial charge on any atom is 0.280 e. The number of benzene rings is 2. The van der Waals surface area contributed by atoms with E-state index in [4.69, 9.17) is 16.3 Å². The number of halogens is 1. The van der Waals surface area contributed by atoms with Gasteiger partial charge in [0.05, 0.1) is 18.4 Å². The van der Waals surface area contributed by atoms with Crippen molar-refractivity contribution in [2.75, 3.05) is 7.11 Å². The summed E-state index contributed by atoms with van der Waals surface area (Å²) in [5, 5.41) is 3.61. The van der Waals surface area contributed by atoms with E-state index in [0.29, 0.717) is 22.0 Å². The molecule has 0 amide bonds. The number of nitrogens with one attached hydrogen (secondary N) is 1. The van der Waals surface area contributed by atoms with E-state index in [9.17, 15) is 4.79 Å². The highest BCUT2D eigenvalue weighted by molar-refractivity contribution is 6.30. The number of H-pyrrole nitrogens is 1. The third-order valence-electron chi connectivity index (χ3n) is 3.61. The van der Waals surface area contributed by atoms with E-state index in [1.807, 2.05) is 37.3 Å². The predicted molar refractivity (Wildman–Crippen MR) is 96.4 cm³/mol. The molecule has 0 aliphatic rings. The summed E-state index contributed by atoms with van der Waals surface area (Å²) in [5.41, 5.74) is 2.39. The second kappa shape index (κ2) is 6.76. The number of ether oxygens (including phenoxy) is 1. The van der Waals surface area contributed by atoms with Gasteiger partial charge in [-0.25, -0.2) is 4.68 Å². The van der Waals surface area contributed by atoms with Gasteiger partial charge in [0.25, 0.3) is 5.56 Å². The fourth-order valence-electron chi connectivity index (χ4n) is 2.37. The topological polar surface area (TPSA) is 59.4 Å². The van der Waals surface area contributed by atoms with Crippen molar-refractivity contribution < 1.29 is 4.74 Å². The molecule has 1 aromatic heterocycles. The van der Waals surface area contributed by atoms with Crippen LogP contribution in [0.5, 0.6) is 5.75 Å². The zero-order valence-electron chi connectivity index (χ0n) is 13.3. The monoisotopic (exact) mass is 341 g/mol. The van der Waals surface area contributed by atoms with Crippen LogP contribution in [0.3, 0.4) is 0 Å². The van der Waals surface area contributed by atoms with Gasteiger partial charge in [0.2, 0.25) is 0 Å². The highest BCUT2D eigenvalue weighted by Gasteiger charge is 2.11. The molecule has 0 saturated carbocycles. The molecule has 0 saturated heterocycles. The van der Waals surface area contributed by atoms with Crippen molar-refractivity contribution in [1.29, 1.82) is 0 Å². The van der Waals surface area contributed by atoms with Gasteiger partial charge in [0.15, 0.2) is 0 Å². The van der Waals surface area contributed by atoms with Crippen LogP contribution in [0.2, 0.25) is 5.02 Å². The molecule has 0 spiro atoms. The number of methoxy groups -OCH3 is 1. The van der Waals surface area contributed by atoms with E-state index < -0.39 is 0 Å². The number of nitrogens with zero attached hydrogens (tertiary/aromatic N) is 2. The second-order valence-corrected chi connectivity index (χ2v) is 5.64. The summed E-state index contributed by atoms with van der Waals surface area (Å²) in [7, 11) is 1.56. The molecule has 122 valence electrons. The average Bonchev–Trinajstić information content (AvgIpc) is 2.88. The van der Waals surface area contributed by atoms with Crippen LogP contribution in [0.1, 0.15) is 11.3 Å². The lowest BCUT2D eigenvalue weighted by molar-refractivity contribution is 0.416. The molecular weight excluding hydrogens is 326 g/mol. The Labute approximate surface area is 144 Å². The first-order valence-electron chi connectivity index (χ1n) is 7.35. The maximum absolute atomic E-state index is 12.6. The standard InChI is InChI=1S/C18H16ClN3O2/c1-12-15(11-20-16-10-13(19)8-9-17(16)24-2)18(23)22(21-12)14-6-4-3-5-7-14/h3-11,21H,1-2H3. The van der Waals surface area contributed by atoms with Crippen LogP contribution in [-0.2, 0) is 0 Å². The highest BCUT2D eigenvalue weighted by Crippen LogP contribution is 2.30. The zero-order chi connectivity index (χ0) is 17.1. The molecule has 0 radical (unpaired) electrons. The SMILES string of the molecule is COc1ccc(Cl)cc1N=Cc1c(C)[nH]n(-c2ccccc2)c1=O. The predicted octanol–water partition coefficient (Wildman–Crippen LogP) is 3.89. The lowest BCUT2D eigenvalue weighted by Crippen LogP contribution is -2.17. The Morgan fingerprint density at radius 3 is 2.67 bits per heavy atom. The smallest absolute Gasteiger partial charge is 0.280 e. The summed E-state index contributed by atoms with van der Waals surface area (Å²) in [4.78, 5) is 17.0. The third kappa shape index (κ3) is 3.12. The molecule has 0 aliphatic carbocycles. The fraction of sp³-hybridized carbons (Fsp3) is 0.111. The molecule has 1 heterocycles. The quantitative estimate of drug-likeness (QED) is 0.732. The van der Waals surface area contributed by atoms with Crippen LogP contribution in [-0.4, -0.2) is 23.1 Å². The van der Waals surface area contributed by atoms with E-state index in [1.165, 1.54) is 10.9 Å². The number of aliphatic imine (C=N–C) groups is 1. The van der Waals surface area contributed by atoms with Gasteiger partial charge in [-0.15, -0.1) is 0 Å². The van der Waals surface area contributed by atoms with E-state index in [-0.39, 0.29) is 5.56 Å². The minimum atomic E-state index is -0.163. The lowest BCUT2D eigenvalue weighted by atomic mass is 10.2. The normalized spacial score (nSPS) is 11.1. The van der Waals surface area contributed by atoms with Crippen molar-refractivity contribution in [3.8, 4) is 11.4 Å². The Balaban J connectivity index is 2.02. The maximum atomic E-state index is 12.6. The Hall–Kier alpha value is -2.79. The molecule has 0 fully saturated rings. The molecule has 24 heavy (non-hydrogen) atoms. The molecular formula is C18H16ClN3O2. The minimum Gasteiger partial charge on any atom is -0.494 e. The van der Waals surface area contributed by atoms with Crippen LogP contribution >= 0.6 is 11.6 Å². The summed E-state index contributed by atoms with van der Waals surface area (Å²) in [6.07, 6.45) is 1.53. The van der Waals surface area contributed by atoms with Crippen LogP contribution in [0.15, 0.2) is 58.3 Å². The molecule has 5 nitrogen and oxygen atoms in total. The van der Waals surface area contributed by atoms with Gasteiger partial charge >= 0.3 is 0 Å². The first kappa shape index (κ1) is 16.1. The van der Waals surface area contributed by atoms with Crippen LogP contribution < -0.4 is 10.3 Å². The summed E-state index contributed by atoms with van der Waals surface area (Å²) in [6, 6.07) is 14.5. The van der Waals surface area contributed by atoms with Gasteiger partial charge in [-0.1, -0.05) is 29.8 Å². The third-order valence-corrected chi connectivity index (χ3v) is 3.84. The van der Waals surface area contributed by atoms with Crippen LogP contribution in [0.25, 0.3) is 5.69 Å². The van der Waals surface area contributed by atoms with Gasteiger partial charge in [0.1, 0.15) is 11.4 Å². The Morgan fingerprint density at radius 2 is 1.96 bits per heavy atom. The number of hydrogen-bond donors (Lipinski definition) is 1. The molecule has 0 aliphatic heterocycles. The molecule has 0 unspecified atom stereocenters. The zero-order valence-corrected chi connectivity index (χ0v) is 14.0. The van der Waals surface area contributed by atoms with Crippen LogP contribution in [0, 0.1) is 6.92 Å². The Kier molecular flexibility index (Phi) is 4.53. The number of hydrogen-bond acceptors (Lipinski definition) is 3. The Bertz CT molecular complexity index is 943. The molecule has 0 bridgehead atoms. The fourth-order valence-corrected chi connectivity index (χ4v) is 2.53. The number of aromatic nitrogens is 2. The van der Waals surface area contributed by atoms with Gasteiger partial charge in [-0.2, -0.15) is 0 Å². The molecule has 0 atom stereocenters. The minimum absolute atomic E-state index is 0.163. The summed E-state index contributed by atoms with van der Waals surface area (Å²) < 4.78 is 6.75. The van der Waals surface area contributed by atoms with Gasteiger partial charge in [-0.3, -0.25) is 14.9 Å². The summed E-state index contributed by atoms with van der Waals surface area (Å²) >= 11 is 6.00. The second-order valence-electron chi connectivity index (χ2n) is 5.20. The van der Waals surface area contributed by atoms with Gasteiger partial charge in [-0.05, 0) is 37.3 Å². The van der Waals surface area contributed by atoms with Crippen molar-refractivity contribution in [2.45, 2.75) is 6.92 Å². The Morgan fingerprint density at radius 1 is 1.21 bits per heavy atom. The number of para-hydroxylation sites is 1. The number of rotatable bonds is 4. The van der Waals surface area contributed by atoms with E-state index >= 15 is 0 Å². The average molecular weight is 342 g/mol. The molecule has 2 aromatic carbocycles. The van der Waals surface area contributed by atoms with Crippen molar-refractivity contribution in [2.24, 2.45) is 4.99 Å². The lowest BCUT2D eigenvalue weighted by Gasteiger charge is -2.03.